The summed E-state index contributed by atoms with van der Waals surface area (Å²) in [6.07, 6.45) is 11.0. The predicted octanol–water partition coefficient (Wildman–Crippen LogP) is 5.54. The molecule has 1 aromatic heterocycles. The molecule has 2 aromatic rings. The third-order valence-electron chi connectivity index (χ3n) is 8.04. The van der Waals surface area contributed by atoms with Crippen LogP contribution < -0.4 is 20.4 Å². The summed E-state index contributed by atoms with van der Waals surface area (Å²) in [5, 5.41) is 8.19. The van der Waals surface area contributed by atoms with Crippen LogP contribution in [-0.2, 0) is 10.2 Å². The van der Waals surface area contributed by atoms with E-state index < -0.39 is 0 Å². The van der Waals surface area contributed by atoms with Crippen molar-refractivity contribution in [2.45, 2.75) is 63.2 Å². The first-order valence-electron chi connectivity index (χ1n) is 13.9. The first-order valence-corrected chi connectivity index (χ1v) is 14.7. The normalized spacial score (nSPS) is 20.2. The minimum Gasteiger partial charge on any atom is -0.378 e. The van der Waals surface area contributed by atoms with E-state index in [1.807, 2.05) is 12.1 Å². The SMILES string of the molecule is S=C(NCC1(c2ccc(Cl)cc2)CCCCC1)Nc1nc(N2CCCCCC2)cc(N2CCOCC2)n1. The number of aromatic nitrogens is 2. The zero-order chi connectivity index (χ0) is 25.5. The van der Waals surface area contributed by atoms with Gasteiger partial charge < -0.3 is 25.2 Å². The van der Waals surface area contributed by atoms with Gasteiger partial charge >= 0.3 is 0 Å². The smallest absolute Gasteiger partial charge is 0.232 e. The van der Waals surface area contributed by atoms with Gasteiger partial charge in [0.25, 0.3) is 0 Å². The van der Waals surface area contributed by atoms with Gasteiger partial charge in [0.05, 0.1) is 13.2 Å². The summed E-state index contributed by atoms with van der Waals surface area (Å²) in [6, 6.07) is 10.5. The Bertz CT molecular complexity index is 1030. The average molecular weight is 543 g/mol. The topological polar surface area (TPSA) is 65.6 Å². The number of halogens is 1. The van der Waals surface area contributed by atoms with Crippen LogP contribution >= 0.6 is 23.8 Å². The molecule has 3 heterocycles. The largest absolute Gasteiger partial charge is 0.378 e. The Morgan fingerprint density at radius 2 is 1.46 bits per heavy atom. The fourth-order valence-electron chi connectivity index (χ4n) is 5.89. The molecule has 9 heteroatoms. The number of nitrogens with zero attached hydrogens (tertiary/aromatic N) is 4. The van der Waals surface area contributed by atoms with E-state index in [0.29, 0.717) is 11.1 Å². The van der Waals surface area contributed by atoms with Crippen molar-refractivity contribution >= 4 is 46.5 Å². The number of hydrogen-bond donors (Lipinski definition) is 2. The van der Waals surface area contributed by atoms with Crippen LogP contribution in [0.3, 0.4) is 0 Å². The summed E-state index contributed by atoms with van der Waals surface area (Å²) >= 11 is 12.0. The second-order valence-corrected chi connectivity index (χ2v) is 11.4. The molecule has 3 fully saturated rings. The van der Waals surface area contributed by atoms with Crippen molar-refractivity contribution in [3.63, 3.8) is 0 Å². The lowest BCUT2D eigenvalue weighted by atomic mass is 9.69. The van der Waals surface area contributed by atoms with E-state index in [0.717, 1.165) is 75.4 Å². The molecule has 37 heavy (non-hydrogen) atoms. The summed E-state index contributed by atoms with van der Waals surface area (Å²) in [5.41, 5.74) is 1.39. The van der Waals surface area contributed by atoms with E-state index in [4.69, 9.17) is 38.5 Å². The molecule has 5 rings (SSSR count). The number of nitrogens with one attached hydrogen (secondary N) is 2. The summed E-state index contributed by atoms with van der Waals surface area (Å²) < 4.78 is 5.57. The molecule has 2 aliphatic heterocycles. The third-order valence-corrected chi connectivity index (χ3v) is 8.54. The van der Waals surface area contributed by atoms with Gasteiger partial charge in [-0.2, -0.15) is 9.97 Å². The number of anilines is 3. The van der Waals surface area contributed by atoms with Gasteiger partial charge in [-0.05, 0) is 55.6 Å². The molecule has 0 bridgehead atoms. The van der Waals surface area contributed by atoms with E-state index in [2.05, 4.69) is 38.6 Å². The molecule has 1 aromatic carbocycles. The highest BCUT2D eigenvalue weighted by atomic mass is 35.5. The average Bonchev–Trinajstić information content (AvgIpc) is 3.23. The molecule has 0 spiro atoms. The van der Waals surface area contributed by atoms with E-state index in [1.54, 1.807) is 0 Å². The van der Waals surface area contributed by atoms with Crippen LogP contribution in [0.2, 0.25) is 5.02 Å². The Labute approximate surface area is 231 Å². The molecular formula is C28H39ClN6OS. The Balaban J connectivity index is 1.32. The second-order valence-electron chi connectivity index (χ2n) is 10.6. The van der Waals surface area contributed by atoms with E-state index in [9.17, 15) is 0 Å². The number of benzene rings is 1. The van der Waals surface area contributed by atoms with Gasteiger partial charge in [-0.25, -0.2) is 0 Å². The minimum atomic E-state index is 0.0578. The van der Waals surface area contributed by atoms with Gasteiger partial charge in [0.15, 0.2) is 5.11 Å². The molecule has 1 saturated carbocycles. The van der Waals surface area contributed by atoms with Crippen molar-refractivity contribution in [3.05, 3.63) is 40.9 Å². The highest BCUT2D eigenvalue weighted by molar-refractivity contribution is 7.80. The zero-order valence-electron chi connectivity index (χ0n) is 21.7. The molecule has 0 unspecified atom stereocenters. The maximum atomic E-state index is 6.19. The standard InChI is InChI=1S/C28H39ClN6OS/c29-23-10-8-22(9-11-23)28(12-4-3-5-13-28)21-30-27(37)33-26-31-24(34-14-6-1-2-7-15-34)20-25(32-26)35-16-18-36-19-17-35/h8-11,20H,1-7,12-19,21H2,(H2,30,31,32,33,37). The molecule has 2 N–H and O–H groups in total. The van der Waals surface area contributed by atoms with Crippen LogP contribution in [0, 0.1) is 0 Å². The number of rotatable bonds is 6. The van der Waals surface area contributed by atoms with Crippen LogP contribution in [0.5, 0.6) is 0 Å². The monoisotopic (exact) mass is 542 g/mol. The number of morpholine rings is 1. The Morgan fingerprint density at radius 3 is 2.11 bits per heavy atom. The zero-order valence-corrected chi connectivity index (χ0v) is 23.3. The fourth-order valence-corrected chi connectivity index (χ4v) is 6.18. The number of hydrogen-bond acceptors (Lipinski definition) is 6. The van der Waals surface area contributed by atoms with E-state index in [-0.39, 0.29) is 5.41 Å². The van der Waals surface area contributed by atoms with Crippen molar-refractivity contribution in [1.29, 1.82) is 0 Å². The molecule has 3 aliphatic rings. The van der Waals surface area contributed by atoms with Crippen molar-refractivity contribution in [1.82, 2.24) is 15.3 Å². The van der Waals surface area contributed by atoms with Crippen LogP contribution in [0.15, 0.2) is 30.3 Å². The number of ether oxygens (including phenoxy) is 1. The van der Waals surface area contributed by atoms with Crippen molar-refractivity contribution in [2.75, 3.05) is 61.1 Å². The lowest BCUT2D eigenvalue weighted by Gasteiger charge is -2.38. The van der Waals surface area contributed by atoms with Crippen molar-refractivity contribution in [3.8, 4) is 0 Å². The first kappa shape index (κ1) is 26.4. The third kappa shape index (κ3) is 6.84. The number of thiocarbonyl (C=S) groups is 1. The Kier molecular flexibility index (Phi) is 9.00. The molecule has 200 valence electrons. The molecule has 0 atom stereocenters. The van der Waals surface area contributed by atoms with Crippen LogP contribution in [0.1, 0.15) is 63.4 Å². The molecule has 0 radical (unpaired) electrons. The van der Waals surface area contributed by atoms with E-state index >= 15 is 0 Å². The molecule has 7 nitrogen and oxygen atoms in total. The van der Waals surface area contributed by atoms with E-state index in [1.165, 1.54) is 50.5 Å². The van der Waals surface area contributed by atoms with Crippen LogP contribution in [-0.4, -0.2) is 61.0 Å². The summed E-state index contributed by atoms with van der Waals surface area (Å²) in [5.74, 6) is 2.48. The molecule has 2 saturated heterocycles. The summed E-state index contributed by atoms with van der Waals surface area (Å²) in [7, 11) is 0. The predicted molar refractivity (Wildman–Crippen MR) is 156 cm³/mol. The lowest BCUT2D eigenvalue weighted by Crippen LogP contribution is -2.43. The van der Waals surface area contributed by atoms with Gasteiger partial charge in [0.1, 0.15) is 11.6 Å². The lowest BCUT2D eigenvalue weighted by molar-refractivity contribution is 0.122. The fraction of sp³-hybridized carbons (Fsp3) is 0.607. The van der Waals surface area contributed by atoms with Gasteiger partial charge in [-0.3, -0.25) is 0 Å². The van der Waals surface area contributed by atoms with Crippen LogP contribution in [0.4, 0.5) is 17.6 Å². The van der Waals surface area contributed by atoms with Gasteiger partial charge in [0, 0.05) is 49.2 Å². The Morgan fingerprint density at radius 1 is 0.865 bits per heavy atom. The minimum absolute atomic E-state index is 0.0578. The van der Waals surface area contributed by atoms with Gasteiger partial charge in [0.2, 0.25) is 5.95 Å². The van der Waals surface area contributed by atoms with Gasteiger partial charge in [-0.1, -0.05) is 55.8 Å². The van der Waals surface area contributed by atoms with Crippen LogP contribution in [0.25, 0.3) is 0 Å². The van der Waals surface area contributed by atoms with Gasteiger partial charge in [-0.15, -0.1) is 0 Å². The van der Waals surface area contributed by atoms with Crippen molar-refractivity contribution in [2.24, 2.45) is 0 Å². The summed E-state index contributed by atoms with van der Waals surface area (Å²) in [6.45, 7) is 5.96. The first-order chi connectivity index (χ1) is 18.1. The van der Waals surface area contributed by atoms with Crippen molar-refractivity contribution < 1.29 is 4.74 Å². The Hall–Kier alpha value is -2.16. The maximum absolute atomic E-state index is 6.19. The highest BCUT2D eigenvalue weighted by Crippen LogP contribution is 2.39. The summed E-state index contributed by atoms with van der Waals surface area (Å²) in [4.78, 5) is 14.5. The second kappa shape index (κ2) is 12.6. The highest BCUT2D eigenvalue weighted by Gasteiger charge is 2.34. The maximum Gasteiger partial charge on any atom is 0.232 e. The molecule has 1 aliphatic carbocycles. The quantitative estimate of drug-likeness (QED) is 0.462. The molecule has 0 amide bonds. The molecular weight excluding hydrogens is 504 g/mol.